The minimum absolute atomic E-state index is 0.707. The maximum absolute atomic E-state index is 5.44. The van der Waals surface area contributed by atoms with Gasteiger partial charge in [-0.05, 0) is 42.7 Å². The van der Waals surface area contributed by atoms with Gasteiger partial charge in [0.2, 0.25) is 0 Å². The highest BCUT2D eigenvalue weighted by atomic mass is 79.9. The summed E-state index contributed by atoms with van der Waals surface area (Å²) in [6.07, 6.45) is 0.965. The highest BCUT2D eigenvalue weighted by Crippen LogP contribution is 2.29. The highest BCUT2D eigenvalue weighted by Gasteiger charge is 2.05. The molecular formula is C12H18BrN3S. The number of halogens is 1. The zero-order valence-corrected chi connectivity index (χ0v) is 12.6. The molecular weight excluding hydrogens is 298 g/mol. The summed E-state index contributed by atoms with van der Waals surface area (Å²) >= 11 is 4.98. The van der Waals surface area contributed by atoms with Crippen LogP contribution in [0.25, 0.3) is 10.1 Å². The first-order valence-electron chi connectivity index (χ1n) is 5.80. The Morgan fingerprint density at radius 1 is 1.41 bits per heavy atom. The monoisotopic (exact) mass is 315 g/mol. The smallest absolute Gasteiger partial charge is 0.147 e. The van der Waals surface area contributed by atoms with Crippen molar-refractivity contribution in [2.75, 3.05) is 18.4 Å². The lowest BCUT2D eigenvalue weighted by Crippen LogP contribution is -2.08. The van der Waals surface area contributed by atoms with Crippen molar-refractivity contribution >= 4 is 43.4 Å². The van der Waals surface area contributed by atoms with Gasteiger partial charge < -0.3 is 11.1 Å². The molecule has 0 spiro atoms. The van der Waals surface area contributed by atoms with Gasteiger partial charge in [-0.15, -0.1) is 0 Å². The predicted octanol–water partition coefficient (Wildman–Crippen LogP) is 3.85. The van der Waals surface area contributed by atoms with Crippen LogP contribution in [0.4, 0.5) is 5.82 Å². The molecule has 2 rings (SSSR count). The fraction of sp³-hybridized carbons (Fsp3) is 0.417. The van der Waals surface area contributed by atoms with Gasteiger partial charge in [0.25, 0.3) is 0 Å². The molecule has 0 saturated heterocycles. The van der Waals surface area contributed by atoms with Crippen LogP contribution in [0.5, 0.6) is 0 Å². The first-order valence-corrected chi connectivity index (χ1v) is 7.37. The van der Waals surface area contributed by atoms with Gasteiger partial charge in [0.05, 0.1) is 4.70 Å². The molecule has 0 fully saturated rings. The molecule has 1 heterocycles. The Balaban J connectivity index is 0.000000686. The fourth-order valence-corrected chi connectivity index (χ4v) is 2.44. The number of aromatic nitrogens is 1. The van der Waals surface area contributed by atoms with E-state index in [-0.39, 0.29) is 0 Å². The molecule has 0 radical (unpaired) electrons. The van der Waals surface area contributed by atoms with E-state index in [4.69, 9.17) is 5.73 Å². The maximum Gasteiger partial charge on any atom is 0.147 e. The molecule has 1 aromatic heterocycles. The lowest BCUT2D eigenvalue weighted by Gasteiger charge is -2.01. The Hall–Kier alpha value is -0.650. The van der Waals surface area contributed by atoms with E-state index in [1.807, 2.05) is 19.9 Å². The molecule has 0 bridgehead atoms. The fourth-order valence-electron chi connectivity index (χ4n) is 1.35. The molecule has 2 aromatic rings. The maximum atomic E-state index is 5.44. The van der Waals surface area contributed by atoms with Crippen LogP contribution in [0.15, 0.2) is 22.7 Å². The zero-order valence-electron chi connectivity index (χ0n) is 10.2. The average molecular weight is 316 g/mol. The lowest BCUT2D eigenvalue weighted by atomic mass is 10.2. The van der Waals surface area contributed by atoms with Crippen molar-refractivity contribution in [1.82, 2.24) is 4.37 Å². The molecule has 17 heavy (non-hydrogen) atoms. The summed E-state index contributed by atoms with van der Waals surface area (Å²) < 4.78 is 6.66. The van der Waals surface area contributed by atoms with Crippen LogP contribution in [0.2, 0.25) is 0 Å². The van der Waals surface area contributed by atoms with Crippen LogP contribution in [0.3, 0.4) is 0 Å². The molecule has 0 unspecified atom stereocenters. The molecule has 5 heteroatoms. The van der Waals surface area contributed by atoms with Crippen molar-refractivity contribution in [3.63, 3.8) is 0 Å². The third-order valence-electron chi connectivity index (χ3n) is 2.11. The van der Waals surface area contributed by atoms with E-state index >= 15 is 0 Å². The van der Waals surface area contributed by atoms with Crippen LogP contribution >= 0.6 is 27.5 Å². The van der Waals surface area contributed by atoms with E-state index in [0.717, 1.165) is 23.3 Å². The second kappa shape index (κ2) is 7.63. The van der Waals surface area contributed by atoms with Gasteiger partial charge in [0.15, 0.2) is 0 Å². The number of hydrogen-bond donors (Lipinski definition) is 2. The SMILES string of the molecule is CC.NCCCNc1nsc2ccc(Br)cc12. The minimum atomic E-state index is 0.707. The molecule has 94 valence electrons. The molecule has 0 aliphatic heterocycles. The summed E-state index contributed by atoms with van der Waals surface area (Å²) in [4.78, 5) is 0. The Labute approximate surface area is 115 Å². The average Bonchev–Trinajstić information content (AvgIpc) is 2.75. The molecule has 0 aliphatic carbocycles. The third kappa shape index (κ3) is 3.94. The summed E-state index contributed by atoms with van der Waals surface area (Å²) in [5, 5.41) is 4.47. The Bertz CT molecular complexity index is 456. The first kappa shape index (κ1) is 14.4. The van der Waals surface area contributed by atoms with E-state index in [2.05, 4.69) is 37.8 Å². The summed E-state index contributed by atoms with van der Waals surface area (Å²) in [6.45, 7) is 5.58. The Morgan fingerprint density at radius 2 is 2.18 bits per heavy atom. The number of nitrogens with two attached hydrogens (primary N) is 1. The normalized spacial score (nSPS) is 9.88. The number of nitrogens with one attached hydrogen (secondary N) is 1. The van der Waals surface area contributed by atoms with E-state index < -0.39 is 0 Å². The molecule has 3 nitrogen and oxygen atoms in total. The summed E-state index contributed by atoms with van der Waals surface area (Å²) in [5.41, 5.74) is 5.44. The second-order valence-electron chi connectivity index (χ2n) is 3.24. The van der Waals surface area contributed by atoms with Gasteiger partial charge in [-0.2, -0.15) is 4.37 Å². The third-order valence-corrected chi connectivity index (χ3v) is 3.43. The highest BCUT2D eigenvalue weighted by molar-refractivity contribution is 9.10. The molecule has 0 amide bonds. The number of hydrogen-bond acceptors (Lipinski definition) is 4. The van der Waals surface area contributed by atoms with E-state index in [0.29, 0.717) is 6.54 Å². The lowest BCUT2D eigenvalue weighted by molar-refractivity contribution is 0.873. The number of benzene rings is 1. The second-order valence-corrected chi connectivity index (χ2v) is 4.96. The van der Waals surface area contributed by atoms with Crippen molar-refractivity contribution in [3.8, 4) is 0 Å². The summed E-state index contributed by atoms with van der Waals surface area (Å²) in [5.74, 6) is 0.963. The van der Waals surface area contributed by atoms with Gasteiger partial charge in [-0.25, -0.2) is 0 Å². The zero-order chi connectivity index (χ0) is 12.7. The predicted molar refractivity (Wildman–Crippen MR) is 80.8 cm³/mol. The van der Waals surface area contributed by atoms with Gasteiger partial charge in [-0.3, -0.25) is 0 Å². The van der Waals surface area contributed by atoms with Gasteiger partial charge in [0.1, 0.15) is 5.82 Å². The summed E-state index contributed by atoms with van der Waals surface area (Å²) in [7, 11) is 0. The molecule has 0 atom stereocenters. The molecule has 3 N–H and O–H groups in total. The van der Waals surface area contributed by atoms with Gasteiger partial charge in [-0.1, -0.05) is 29.8 Å². The first-order chi connectivity index (χ1) is 8.31. The number of nitrogens with zero attached hydrogens (tertiary/aromatic N) is 1. The van der Waals surface area contributed by atoms with Crippen LogP contribution < -0.4 is 11.1 Å². The quantitative estimate of drug-likeness (QED) is 0.843. The topological polar surface area (TPSA) is 50.9 Å². The number of rotatable bonds is 4. The minimum Gasteiger partial charge on any atom is -0.369 e. The van der Waals surface area contributed by atoms with Crippen LogP contribution in [-0.4, -0.2) is 17.5 Å². The van der Waals surface area contributed by atoms with Crippen molar-refractivity contribution < 1.29 is 0 Å². The standard InChI is InChI=1S/C10H12BrN3S.C2H6/c11-7-2-3-9-8(6-7)10(14-15-9)13-5-1-4-12;1-2/h2-3,6H,1,4-5,12H2,(H,13,14);1-2H3. The molecule has 0 saturated carbocycles. The van der Waals surface area contributed by atoms with Crippen molar-refractivity contribution in [2.45, 2.75) is 20.3 Å². The van der Waals surface area contributed by atoms with Crippen molar-refractivity contribution in [1.29, 1.82) is 0 Å². The molecule has 0 aliphatic rings. The number of anilines is 1. The largest absolute Gasteiger partial charge is 0.369 e. The van der Waals surface area contributed by atoms with Gasteiger partial charge in [0, 0.05) is 16.4 Å². The van der Waals surface area contributed by atoms with Gasteiger partial charge >= 0.3 is 0 Å². The van der Waals surface area contributed by atoms with E-state index in [9.17, 15) is 0 Å². The van der Waals surface area contributed by atoms with E-state index in [1.54, 1.807) is 0 Å². The number of fused-ring (bicyclic) bond motifs is 1. The van der Waals surface area contributed by atoms with Crippen LogP contribution in [-0.2, 0) is 0 Å². The molecule has 1 aromatic carbocycles. The van der Waals surface area contributed by atoms with Crippen molar-refractivity contribution in [2.24, 2.45) is 5.73 Å². The van der Waals surface area contributed by atoms with Crippen LogP contribution in [0, 0.1) is 0 Å². The van der Waals surface area contributed by atoms with Crippen molar-refractivity contribution in [3.05, 3.63) is 22.7 Å². The Kier molecular flexibility index (Phi) is 6.47. The Morgan fingerprint density at radius 3 is 2.88 bits per heavy atom. The van der Waals surface area contributed by atoms with Crippen LogP contribution in [0.1, 0.15) is 20.3 Å². The van der Waals surface area contributed by atoms with E-state index in [1.165, 1.54) is 21.6 Å². The summed E-state index contributed by atoms with van der Waals surface area (Å²) in [6, 6.07) is 6.19.